The largest absolute Gasteiger partial charge is 0.370 e. The van der Waals surface area contributed by atoms with Gasteiger partial charge in [-0.05, 0) is 16.3 Å². The van der Waals surface area contributed by atoms with Crippen LogP contribution in [0.1, 0.15) is 12.0 Å². The lowest BCUT2D eigenvalue weighted by molar-refractivity contribution is -0.124. The summed E-state index contributed by atoms with van der Waals surface area (Å²) in [6.07, 6.45) is 0.117. The van der Waals surface area contributed by atoms with E-state index in [1.807, 2.05) is 42.5 Å². The van der Waals surface area contributed by atoms with Crippen molar-refractivity contribution < 1.29 is 9.59 Å². The molecule has 2 aromatic rings. The minimum Gasteiger partial charge on any atom is -0.370 e. The summed E-state index contributed by atoms with van der Waals surface area (Å²) in [6.45, 7) is 0. The molecule has 0 saturated heterocycles. The molecule has 2 rings (SSSR count). The van der Waals surface area contributed by atoms with E-state index in [1.54, 1.807) is 0 Å². The molecule has 0 aliphatic rings. The fourth-order valence-electron chi connectivity index (χ4n) is 2.01. The molecule has 98 valence electrons. The zero-order valence-electron chi connectivity index (χ0n) is 10.5. The Hall–Kier alpha value is -2.20. The third kappa shape index (κ3) is 3.39. The predicted octanol–water partition coefficient (Wildman–Crippen LogP) is 1.15. The van der Waals surface area contributed by atoms with Gasteiger partial charge in [-0.1, -0.05) is 42.5 Å². The van der Waals surface area contributed by atoms with E-state index in [4.69, 9.17) is 11.5 Å². The van der Waals surface area contributed by atoms with E-state index in [0.717, 1.165) is 16.3 Å². The highest BCUT2D eigenvalue weighted by Gasteiger charge is 2.16. The van der Waals surface area contributed by atoms with Gasteiger partial charge in [0, 0.05) is 12.8 Å². The number of nitrogens with two attached hydrogens (primary N) is 2. The van der Waals surface area contributed by atoms with Gasteiger partial charge in [0.25, 0.3) is 0 Å². The Bertz CT molecular complexity index is 622. The molecule has 1 atom stereocenters. The van der Waals surface area contributed by atoms with E-state index in [9.17, 15) is 9.59 Å². The van der Waals surface area contributed by atoms with Gasteiger partial charge in [-0.25, -0.2) is 0 Å². The molecule has 0 aromatic heterocycles. The van der Waals surface area contributed by atoms with E-state index >= 15 is 0 Å². The number of primary amides is 1. The molecule has 19 heavy (non-hydrogen) atoms. The quantitative estimate of drug-likeness (QED) is 0.841. The summed E-state index contributed by atoms with van der Waals surface area (Å²) >= 11 is 0. The second-order valence-corrected chi connectivity index (χ2v) is 4.60. The van der Waals surface area contributed by atoms with E-state index in [0.29, 0.717) is 0 Å². The van der Waals surface area contributed by atoms with Crippen molar-refractivity contribution in [3.05, 3.63) is 48.0 Å². The zero-order valence-corrected chi connectivity index (χ0v) is 10.5. The lowest BCUT2D eigenvalue weighted by Gasteiger charge is -2.09. The van der Waals surface area contributed by atoms with Crippen LogP contribution in [0.3, 0.4) is 0 Å². The number of amides is 1. The summed E-state index contributed by atoms with van der Waals surface area (Å²) in [6, 6.07) is 12.9. The fraction of sp³-hybridized carbons (Fsp3) is 0.200. The van der Waals surface area contributed by atoms with Crippen LogP contribution in [0.4, 0.5) is 0 Å². The van der Waals surface area contributed by atoms with Gasteiger partial charge in [-0.15, -0.1) is 0 Å². The van der Waals surface area contributed by atoms with Crippen LogP contribution < -0.4 is 11.5 Å². The predicted molar refractivity (Wildman–Crippen MR) is 74.4 cm³/mol. The molecule has 0 aliphatic carbocycles. The SMILES string of the molecule is NC(=O)CC(N)C(=O)Cc1ccc2ccccc2c1. The van der Waals surface area contributed by atoms with Crippen LogP contribution in [0.2, 0.25) is 0 Å². The maximum atomic E-state index is 11.9. The summed E-state index contributed by atoms with van der Waals surface area (Å²) < 4.78 is 0. The van der Waals surface area contributed by atoms with Crippen LogP contribution in [0, 0.1) is 0 Å². The number of fused-ring (bicyclic) bond motifs is 1. The molecule has 0 radical (unpaired) electrons. The smallest absolute Gasteiger partial charge is 0.219 e. The Labute approximate surface area is 111 Å². The summed E-state index contributed by atoms with van der Waals surface area (Å²) in [5, 5.41) is 2.21. The first-order valence-electron chi connectivity index (χ1n) is 6.10. The van der Waals surface area contributed by atoms with E-state index in [2.05, 4.69) is 0 Å². The summed E-state index contributed by atoms with van der Waals surface area (Å²) in [7, 11) is 0. The first kappa shape index (κ1) is 13.2. The average Bonchev–Trinajstić information content (AvgIpc) is 2.37. The van der Waals surface area contributed by atoms with Gasteiger partial charge in [-0.3, -0.25) is 9.59 Å². The highest BCUT2D eigenvalue weighted by atomic mass is 16.1. The Morgan fingerprint density at radius 3 is 2.42 bits per heavy atom. The van der Waals surface area contributed by atoms with Gasteiger partial charge in [0.1, 0.15) is 0 Å². The number of hydrogen-bond donors (Lipinski definition) is 2. The van der Waals surface area contributed by atoms with E-state index in [1.165, 1.54) is 0 Å². The first-order valence-corrected chi connectivity index (χ1v) is 6.10. The molecule has 1 amide bonds. The van der Waals surface area contributed by atoms with E-state index in [-0.39, 0.29) is 18.6 Å². The third-order valence-electron chi connectivity index (χ3n) is 3.03. The summed E-state index contributed by atoms with van der Waals surface area (Å²) in [5.74, 6) is -0.728. The van der Waals surface area contributed by atoms with Crippen LogP contribution in [0.5, 0.6) is 0 Å². The van der Waals surface area contributed by atoms with Crippen LogP contribution >= 0.6 is 0 Å². The number of carbonyl (C=O) groups excluding carboxylic acids is 2. The van der Waals surface area contributed by atoms with Crippen LogP contribution in [-0.4, -0.2) is 17.7 Å². The molecule has 0 heterocycles. The third-order valence-corrected chi connectivity index (χ3v) is 3.03. The van der Waals surface area contributed by atoms with Crippen LogP contribution in [0.25, 0.3) is 10.8 Å². The molecule has 0 saturated carbocycles. The van der Waals surface area contributed by atoms with Gasteiger partial charge in [0.2, 0.25) is 5.91 Å². The monoisotopic (exact) mass is 256 g/mol. The number of ketones is 1. The number of benzene rings is 2. The van der Waals surface area contributed by atoms with Crippen molar-refractivity contribution in [2.24, 2.45) is 11.5 Å². The fourth-order valence-corrected chi connectivity index (χ4v) is 2.01. The van der Waals surface area contributed by atoms with Crippen molar-refractivity contribution in [3.63, 3.8) is 0 Å². The Morgan fingerprint density at radius 1 is 1.05 bits per heavy atom. The second-order valence-electron chi connectivity index (χ2n) is 4.60. The molecule has 2 aromatic carbocycles. The van der Waals surface area contributed by atoms with Crippen molar-refractivity contribution in [1.82, 2.24) is 0 Å². The minimum absolute atomic E-state index is 0.105. The van der Waals surface area contributed by atoms with Gasteiger partial charge in [-0.2, -0.15) is 0 Å². The molecule has 0 bridgehead atoms. The van der Waals surface area contributed by atoms with Gasteiger partial charge in [0.05, 0.1) is 6.04 Å². The highest BCUT2D eigenvalue weighted by Crippen LogP contribution is 2.16. The lowest BCUT2D eigenvalue weighted by Crippen LogP contribution is -2.36. The average molecular weight is 256 g/mol. The molecule has 0 aliphatic heterocycles. The maximum Gasteiger partial charge on any atom is 0.219 e. The molecule has 0 spiro atoms. The number of carbonyl (C=O) groups is 2. The highest BCUT2D eigenvalue weighted by molar-refractivity contribution is 5.91. The number of Topliss-reactive ketones (excluding diaryl/α,β-unsaturated/α-hetero) is 1. The van der Waals surface area contributed by atoms with Crippen molar-refractivity contribution >= 4 is 22.5 Å². The van der Waals surface area contributed by atoms with Gasteiger partial charge >= 0.3 is 0 Å². The zero-order chi connectivity index (χ0) is 13.8. The Balaban J connectivity index is 2.12. The number of hydrogen-bond acceptors (Lipinski definition) is 3. The molecule has 1 unspecified atom stereocenters. The van der Waals surface area contributed by atoms with E-state index < -0.39 is 11.9 Å². The van der Waals surface area contributed by atoms with Crippen LogP contribution in [-0.2, 0) is 16.0 Å². The normalized spacial score (nSPS) is 12.3. The summed E-state index contributed by atoms with van der Waals surface area (Å²) in [5.41, 5.74) is 11.5. The van der Waals surface area contributed by atoms with Crippen molar-refractivity contribution in [1.29, 1.82) is 0 Å². The summed E-state index contributed by atoms with van der Waals surface area (Å²) in [4.78, 5) is 22.6. The van der Waals surface area contributed by atoms with Crippen molar-refractivity contribution in [2.75, 3.05) is 0 Å². The van der Waals surface area contributed by atoms with Gasteiger partial charge < -0.3 is 11.5 Å². The Morgan fingerprint density at radius 2 is 1.74 bits per heavy atom. The molecule has 0 fully saturated rings. The standard InChI is InChI=1S/C15H16N2O2/c16-13(9-15(17)19)14(18)8-10-5-6-11-3-1-2-4-12(11)7-10/h1-7,13H,8-9,16H2,(H2,17,19). The van der Waals surface area contributed by atoms with Crippen molar-refractivity contribution in [2.45, 2.75) is 18.9 Å². The second kappa shape index (κ2) is 5.63. The molecule has 4 nitrogen and oxygen atoms in total. The molecule has 4 heteroatoms. The lowest BCUT2D eigenvalue weighted by atomic mass is 9.99. The number of rotatable bonds is 5. The van der Waals surface area contributed by atoms with Gasteiger partial charge in [0.15, 0.2) is 5.78 Å². The molecular formula is C15H16N2O2. The van der Waals surface area contributed by atoms with Crippen LogP contribution in [0.15, 0.2) is 42.5 Å². The first-order chi connectivity index (χ1) is 9.06. The molecule has 4 N–H and O–H groups in total. The minimum atomic E-state index is -0.816. The Kier molecular flexibility index (Phi) is 3.92. The van der Waals surface area contributed by atoms with Crippen molar-refractivity contribution in [3.8, 4) is 0 Å². The maximum absolute atomic E-state index is 11.9. The molecular weight excluding hydrogens is 240 g/mol. The topological polar surface area (TPSA) is 86.2 Å².